The number of ether oxygens (including phenoxy) is 1. The van der Waals surface area contributed by atoms with Gasteiger partial charge in [-0.15, -0.1) is 0 Å². The third-order valence-electron chi connectivity index (χ3n) is 7.74. The van der Waals surface area contributed by atoms with Gasteiger partial charge in [-0.3, -0.25) is 0 Å². The molecule has 6 heteroatoms. The molecule has 4 aromatic carbocycles. The van der Waals surface area contributed by atoms with Crippen LogP contribution in [0.3, 0.4) is 0 Å². The molecule has 0 saturated heterocycles. The minimum absolute atomic E-state index is 0. The monoisotopic (exact) mass is 578 g/mol. The van der Waals surface area contributed by atoms with Crippen molar-refractivity contribution in [3.63, 3.8) is 0 Å². The predicted octanol–water partition coefficient (Wildman–Crippen LogP) is 11.0. The average molecular weight is 579 g/mol. The summed E-state index contributed by atoms with van der Waals surface area (Å²) < 4.78 is 48.4. The van der Waals surface area contributed by atoms with Gasteiger partial charge >= 0.3 is 6.18 Å². The van der Waals surface area contributed by atoms with E-state index >= 15 is 0 Å². The van der Waals surface area contributed by atoms with E-state index in [0.29, 0.717) is 17.7 Å². The van der Waals surface area contributed by atoms with E-state index in [0.717, 1.165) is 45.9 Å². The fraction of sp³-hybridized carbons (Fsp3) is 0.294. The van der Waals surface area contributed by atoms with Crippen LogP contribution in [0.1, 0.15) is 56.2 Å². The first-order chi connectivity index (χ1) is 18.9. The van der Waals surface area contributed by atoms with Crippen LogP contribution >= 0.6 is 23.5 Å². The van der Waals surface area contributed by atoms with Crippen LogP contribution in [0.2, 0.25) is 0 Å². The molecule has 208 valence electrons. The number of hydrogen-bond donors (Lipinski definition) is 0. The van der Waals surface area contributed by atoms with E-state index < -0.39 is 11.7 Å². The predicted molar refractivity (Wildman–Crippen MR) is 159 cm³/mol. The van der Waals surface area contributed by atoms with Gasteiger partial charge in [-0.1, -0.05) is 105 Å². The number of alkyl halides is 3. The quantitative estimate of drug-likeness (QED) is 0.198. The summed E-state index contributed by atoms with van der Waals surface area (Å²) in [6, 6.07) is 28.9. The molecular formula is C34H33F3OS2. The Kier molecular flexibility index (Phi) is 8.69. The van der Waals surface area contributed by atoms with E-state index in [-0.39, 0.29) is 19.4 Å². The van der Waals surface area contributed by atoms with Crippen molar-refractivity contribution in [2.24, 2.45) is 0 Å². The molecule has 40 heavy (non-hydrogen) atoms. The van der Waals surface area contributed by atoms with Crippen molar-refractivity contribution >= 4 is 23.5 Å². The fourth-order valence-corrected chi connectivity index (χ4v) is 8.17. The van der Waals surface area contributed by atoms with Crippen LogP contribution in [0.4, 0.5) is 13.2 Å². The molecule has 4 aromatic rings. The van der Waals surface area contributed by atoms with Gasteiger partial charge in [-0.2, -0.15) is 13.2 Å². The van der Waals surface area contributed by atoms with Gasteiger partial charge in [0.1, 0.15) is 0 Å². The molecule has 0 atom stereocenters. The number of benzene rings is 4. The smallest absolute Gasteiger partial charge is 0.376 e. The number of halogens is 3. The largest absolute Gasteiger partial charge is 0.416 e. The molecule has 0 bridgehead atoms. The topological polar surface area (TPSA) is 9.23 Å². The molecule has 1 aliphatic heterocycles. The zero-order valence-corrected chi connectivity index (χ0v) is 23.1. The third-order valence-corrected chi connectivity index (χ3v) is 10.3. The summed E-state index contributed by atoms with van der Waals surface area (Å²) in [5, 5.41) is 0. The van der Waals surface area contributed by atoms with Crippen molar-refractivity contribution in [1.82, 2.24) is 0 Å². The second-order valence-electron chi connectivity index (χ2n) is 10.4. The lowest BCUT2D eigenvalue weighted by Gasteiger charge is -2.37. The van der Waals surface area contributed by atoms with E-state index in [9.17, 15) is 13.2 Å². The minimum Gasteiger partial charge on any atom is -0.376 e. The SMILES string of the molecule is C.FC(F)(F)c1cc(COCC2(c3ccccc3)CCCCC2)cc(-c2cccc3c2Sc2ccccc2S3)c1. The summed E-state index contributed by atoms with van der Waals surface area (Å²) in [6.07, 6.45) is 1.14. The summed E-state index contributed by atoms with van der Waals surface area (Å²) >= 11 is 3.29. The molecule has 0 unspecified atom stereocenters. The molecule has 0 spiro atoms. The Labute approximate surface area is 243 Å². The summed E-state index contributed by atoms with van der Waals surface area (Å²) in [7, 11) is 0. The van der Waals surface area contributed by atoms with E-state index in [1.807, 2.05) is 42.5 Å². The maximum atomic E-state index is 14.0. The molecule has 0 radical (unpaired) electrons. The highest BCUT2D eigenvalue weighted by Gasteiger charge is 2.35. The van der Waals surface area contributed by atoms with Crippen molar-refractivity contribution in [2.75, 3.05) is 6.61 Å². The van der Waals surface area contributed by atoms with Crippen molar-refractivity contribution in [1.29, 1.82) is 0 Å². The van der Waals surface area contributed by atoms with Crippen LogP contribution in [0.5, 0.6) is 0 Å². The maximum Gasteiger partial charge on any atom is 0.416 e. The van der Waals surface area contributed by atoms with Crippen molar-refractivity contribution in [3.05, 3.63) is 108 Å². The lowest BCUT2D eigenvalue weighted by Crippen LogP contribution is -2.34. The molecule has 6 rings (SSSR count). The average Bonchev–Trinajstić information content (AvgIpc) is 2.96. The Morgan fingerprint density at radius 1 is 0.725 bits per heavy atom. The van der Waals surface area contributed by atoms with E-state index in [1.165, 1.54) is 29.0 Å². The number of rotatable bonds is 6. The summed E-state index contributed by atoms with van der Waals surface area (Å²) in [5.74, 6) is 0. The first kappa shape index (κ1) is 28.8. The van der Waals surface area contributed by atoms with Crippen LogP contribution in [-0.2, 0) is 22.9 Å². The van der Waals surface area contributed by atoms with E-state index in [4.69, 9.17) is 4.74 Å². The standard InChI is InChI=1S/C33H29F3OS2.CH4/c34-33(35,36)26-19-23(21-37-22-32(16-7-2-8-17-32)25-10-3-1-4-11-25)18-24(20-26)27-12-9-15-30-31(27)39-29-14-6-5-13-28(29)38-30;/h1,3-6,9-15,18-20H,2,7-8,16-17,21-22H2;1H4. The van der Waals surface area contributed by atoms with Crippen LogP contribution in [0.25, 0.3) is 11.1 Å². The Morgan fingerprint density at radius 3 is 2.12 bits per heavy atom. The Morgan fingerprint density at radius 2 is 1.40 bits per heavy atom. The number of hydrogen-bond acceptors (Lipinski definition) is 3. The Hall–Kier alpha value is -2.67. The highest BCUT2D eigenvalue weighted by Crippen LogP contribution is 2.52. The van der Waals surface area contributed by atoms with Gasteiger partial charge in [0.2, 0.25) is 0 Å². The molecule has 1 aliphatic carbocycles. The van der Waals surface area contributed by atoms with Gasteiger partial charge < -0.3 is 4.74 Å². The second-order valence-corrected chi connectivity index (χ2v) is 12.5. The van der Waals surface area contributed by atoms with Gasteiger partial charge in [0, 0.05) is 25.0 Å². The molecule has 0 aromatic heterocycles. The Bertz CT molecular complexity index is 1460. The van der Waals surface area contributed by atoms with E-state index in [2.05, 4.69) is 36.4 Å². The molecule has 0 amide bonds. The summed E-state index contributed by atoms with van der Waals surface area (Å²) in [5.41, 5.74) is 2.48. The molecule has 1 heterocycles. The maximum absolute atomic E-state index is 14.0. The van der Waals surface area contributed by atoms with E-state index in [1.54, 1.807) is 23.5 Å². The fourth-order valence-electron chi connectivity index (χ4n) is 5.77. The molecule has 0 N–H and O–H groups in total. The molecule has 1 nitrogen and oxygen atoms in total. The van der Waals surface area contributed by atoms with Crippen LogP contribution in [-0.4, -0.2) is 6.61 Å². The van der Waals surface area contributed by atoms with Crippen molar-refractivity contribution in [2.45, 2.75) is 77.3 Å². The number of fused-ring (bicyclic) bond motifs is 2. The summed E-state index contributed by atoms with van der Waals surface area (Å²) in [6.45, 7) is 0.651. The van der Waals surface area contributed by atoms with Crippen LogP contribution < -0.4 is 0 Å². The normalized spacial score (nSPS) is 16.0. The third kappa shape index (κ3) is 6.00. The van der Waals surface area contributed by atoms with Crippen molar-refractivity contribution in [3.8, 4) is 11.1 Å². The Balaban J connectivity index is 0.00000323. The summed E-state index contributed by atoms with van der Waals surface area (Å²) in [4.78, 5) is 4.35. The zero-order valence-electron chi connectivity index (χ0n) is 21.5. The highest BCUT2D eigenvalue weighted by atomic mass is 32.2. The molecule has 1 saturated carbocycles. The minimum atomic E-state index is -4.44. The van der Waals surface area contributed by atoms with Crippen LogP contribution in [0.15, 0.2) is 111 Å². The van der Waals surface area contributed by atoms with Gasteiger partial charge in [0.25, 0.3) is 0 Å². The van der Waals surface area contributed by atoms with Gasteiger partial charge in [-0.25, -0.2) is 0 Å². The zero-order chi connectivity index (χ0) is 26.9. The first-order valence-electron chi connectivity index (χ1n) is 13.3. The molecular weight excluding hydrogens is 546 g/mol. The lowest BCUT2D eigenvalue weighted by atomic mass is 9.70. The molecule has 1 fully saturated rings. The lowest BCUT2D eigenvalue weighted by molar-refractivity contribution is -0.137. The van der Waals surface area contributed by atoms with Crippen molar-refractivity contribution < 1.29 is 17.9 Å². The first-order valence-corrected chi connectivity index (χ1v) is 15.0. The van der Waals surface area contributed by atoms with Gasteiger partial charge in [-0.05, 0) is 71.5 Å². The van der Waals surface area contributed by atoms with Gasteiger partial charge in [0.05, 0.1) is 18.8 Å². The highest BCUT2D eigenvalue weighted by molar-refractivity contribution is 8.05. The van der Waals surface area contributed by atoms with Gasteiger partial charge in [0.15, 0.2) is 0 Å². The van der Waals surface area contributed by atoms with Crippen LogP contribution in [0, 0.1) is 0 Å². The second kappa shape index (κ2) is 12.1. The molecule has 2 aliphatic rings.